The molecule has 0 bridgehead atoms. The molecule has 0 saturated carbocycles. The Morgan fingerprint density at radius 3 is 1.62 bits per heavy atom. The summed E-state index contributed by atoms with van der Waals surface area (Å²) < 4.78 is 19.4. The van der Waals surface area contributed by atoms with Gasteiger partial charge in [0.25, 0.3) is 0 Å². The Kier molecular flexibility index (Phi) is 8.19. The molecule has 156 valence electrons. The highest BCUT2D eigenvalue weighted by molar-refractivity contribution is 6.06. The summed E-state index contributed by atoms with van der Waals surface area (Å²) in [5, 5.41) is 0. The van der Waals surface area contributed by atoms with Gasteiger partial charge in [0.15, 0.2) is 11.5 Å². The second kappa shape index (κ2) is 10.1. The van der Waals surface area contributed by atoms with E-state index in [-0.39, 0.29) is 17.9 Å². The summed E-state index contributed by atoms with van der Waals surface area (Å²) in [5.41, 5.74) is -0.459. The zero-order valence-electron chi connectivity index (χ0n) is 16.5. The van der Waals surface area contributed by atoms with Gasteiger partial charge in [0.2, 0.25) is 0 Å². The molecule has 10 heteroatoms. The summed E-state index contributed by atoms with van der Waals surface area (Å²) in [6.45, 7) is 5.94. The first-order valence-electron chi connectivity index (χ1n) is 8.46. The van der Waals surface area contributed by atoms with E-state index in [4.69, 9.17) is 18.9 Å². The quantitative estimate of drug-likeness (QED) is 0.372. The minimum atomic E-state index is -1.26. The number of carbonyl (C=O) groups excluding carboxylic acids is 6. The zero-order valence-corrected chi connectivity index (χ0v) is 16.5. The maximum Gasteiger partial charge on any atom is 0.349 e. The molecule has 0 spiro atoms. The van der Waals surface area contributed by atoms with Crippen molar-refractivity contribution in [1.29, 1.82) is 0 Å². The average Bonchev–Trinajstić information content (AvgIpc) is 2.55. The molecule has 1 aromatic rings. The lowest BCUT2D eigenvalue weighted by molar-refractivity contribution is -0.146. The molecular formula is C19H20O10. The summed E-state index contributed by atoms with van der Waals surface area (Å²) in [6.07, 6.45) is 0.113. The number of benzene rings is 1. The van der Waals surface area contributed by atoms with Crippen LogP contribution in [0.2, 0.25) is 0 Å². The molecule has 0 aliphatic carbocycles. The van der Waals surface area contributed by atoms with Crippen LogP contribution in [0.1, 0.15) is 51.4 Å². The van der Waals surface area contributed by atoms with Gasteiger partial charge >= 0.3 is 29.8 Å². The van der Waals surface area contributed by atoms with Crippen LogP contribution in [0.25, 0.3) is 0 Å². The monoisotopic (exact) mass is 408 g/mol. The Balaban J connectivity index is 3.43. The van der Waals surface area contributed by atoms with Gasteiger partial charge in [-0.05, 0) is 13.3 Å². The number of rotatable bonds is 7. The lowest BCUT2D eigenvalue weighted by Gasteiger charge is -2.15. The number of hydrogen-bond donors (Lipinski definition) is 0. The Morgan fingerprint density at radius 2 is 1.21 bits per heavy atom. The molecule has 0 N–H and O–H groups in total. The molecule has 0 aromatic heterocycles. The van der Waals surface area contributed by atoms with Crippen LogP contribution in [0.15, 0.2) is 12.1 Å². The smallest absolute Gasteiger partial charge is 0.349 e. The number of ketones is 1. The minimum absolute atomic E-state index is 0.113. The molecule has 1 unspecified atom stereocenters. The second-order valence-corrected chi connectivity index (χ2v) is 5.86. The van der Waals surface area contributed by atoms with Gasteiger partial charge in [0.05, 0.1) is 0 Å². The number of Topliss-reactive ketones (excluding diaryl/α,β-unsaturated/α-hetero) is 1. The van der Waals surface area contributed by atoms with E-state index in [1.807, 2.05) is 0 Å². The molecule has 0 saturated heterocycles. The van der Waals surface area contributed by atoms with E-state index in [1.165, 1.54) is 6.92 Å². The Bertz CT molecular complexity index is 868. The van der Waals surface area contributed by atoms with E-state index in [1.54, 1.807) is 6.92 Å². The van der Waals surface area contributed by atoms with Crippen LogP contribution in [0.4, 0.5) is 0 Å². The molecule has 0 aliphatic heterocycles. The zero-order chi connectivity index (χ0) is 22.3. The molecule has 0 heterocycles. The largest absolute Gasteiger partial charge is 0.426 e. The Hall–Kier alpha value is -3.56. The summed E-state index contributed by atoms with van der Waals surface area (Å²) in [4.78, 5) is 70.0. The van der Waals surface area contributed by atoms with Gasteiger partial charge in [-0.1, -0.05) is 6.92 Å². The number of ether oxygens (including phenoxy) is 4. The predicted octanol–water partition coefficient (Wildman–Crippen LogP) is 1.76. The topological polar surface area (TPSA) is 139 Å². The molecule has 1 rings (SSSR count). The van der Waals surface area contributed by atoms with Crippen molar-refractivity contribution in [2.24, 2.45) is 5.92 Å². The predicted molar refractivity (Wildman–Crippen MR) is 95.3 cm³/mol. The molecule has 1 atom stereocenters. The van der Waals surface area contributed by atoms with Crippen molar-refractivity contribution in [3.63, 3.8) is 0 Å². The molecule has 0 aliphatic rings. The highest BCUT2D eigenvalue weighted by Gasteiger charge is 2.29. The average molecular weight is 408 g/mol. The van der Waals surface area contributed by atoms with Crippen molar-refractivity contribution in [2.45, 2.75) is 41.0 Å². The first-order valence-corrected chi connectivity index (χ1v) is 8.46. The van der Waals surface area contributed by atoms with Gasteiger partial charge in [-0.15, -0.1) is 0 Å². The van der Waals surface area contributed by atoms with Crippen LogP contribution in [0.3, 0.4) is 0 Å². The van der Waals surface area contributed by atoms with Crippen LogP contribution in [-0.4, -0.2) is 35.6 Å². The third kappa shape index (κ3) is 6.83. The summed E-state index contributed by atoms with van der Waals surface area (Å²) in [7, 11) is 0. The standard InChI is InChI=1S/C19H20O10/c1-6-13(9(2)20)18(24)29-19(25)14-7-16(27-11(4)22)17(28-12(5)23)8-15(14)26-10(3)21/h7-8,13H,6H2,1-5H3. The van der Waals surface area contributed by atoms with Crippen LogP contribution < -0.4 is 14.2 Å². The van der Waals surface area contributed by atoms with Crippen molar-refractivity contribution in [2.75, 3.05) is 0 Å². The second-order valence-electron chi connectivity index (χ2n) is 5.86. The molecule has 0 fully saturated rings. The third-order valence-electron chi connectivity index (χ3n) is 3.40. The van der Waals surface area contributed by atoms with Crippen molar-refractivity contribution in [3.05, 3.63) is 17.7 Å². The summed E-state index contributed by atoms with van der Waals surface area (Å²) in [5.74, 6) is -7.43. The fourth-order valence-corrected chi connectivity index (χ4v) is 2.25. The maximum atomic E-state index is 12.5. The first kappa shape index (κ1) is 23.5. The first-order chi connectivity index (χ1) is 13.5. The molecule has 0 amide bonds. The normalized spacial score (nSPS) is 11.1. The van der Waals surface area contributed by atoms with Gasteiger partial charge < -0.3 is 18.9 Å². The van der Waals surface area contributed by atoms with Crippen molar-refractivity contribution in [1.82, 2.24) is 0 Å². The van der Waals surface area contributed by atoms with Gasteiger partial charge in [-0.25, -0.2) is 4.79 Å². The number of hydrogen-bond acceptors (Lipinski definition) is 10. The van der Waals surface area contributed by atoms with Crippen LogP contribution in [0.5, 0.6) is 17.2 Å². The third-order valence-corrected chi connectivity index (χ3v) is 3.40. The van der Waals surface area contributed by atoms with Crippen LogP contribution >= 0.6 is 0 Å². The lowest BCUT2D eigenvalue weighted by atomic mass is 10.0. The van der Waals surface area contributed by atoms with Gasteiger partial charge in [0.1, 0.15) is 23.0 Å². The molecular weight excluding hydrogens is 388 g/mol. The fourth-order valence-electron chi connectivity index (χ4n) is 2.25. The minimum Gasteiger partial charge on any atom is -0.426 e. The SMILES string of the molecule is CCC(C(C)=O)C(=O)OC(=O)c1cc(OC(C)=O)c(OC(C)=O)cc1OC(C)=O. The lowest BCUT2D eigenvalue weighted by Crippen LogP contribution is -2.26. The number of carbonyl (C=O) groups is 6. The highest BCUT2D eigenvalue weighted by Crippen LogP contribution is 2.36. The molecule has 1 aromatic carbocycles. The summed E-state index contributed by atoms with van der Waals surface area (Å²) >= 11 is 0. The van der Waals surface area contributed by atoms with E-state index >= 15 is 0 Å². The molecule has 29 heavy (non-hydrogen) atoms. The number of esters is 5. The van der Waals surface area contributed by atoms with Gasteiger partial charge in [-0.2, -0.15) is 0 Å². The summed E-state index contributed by atoms with van der Waals surface area (Å²) in [6, 6.07) is 1.88. The van der Waals surface area contributed by atoms with E-state index in [0.29, 0.717) is 0 Å². The van der Waals surface area contributed by atoms with Gasteiger partial charge in [0, 0.05) is 32.9 Å². The van der Waals surface area contributed by atoms with E-state index < -0.39 is 52.9 Å². The Labute approximate surface area is 166 Å². The Morgan fingerprint density at radius 1 is 0.759 bits per heavy atom. The highest BCUT2D eigenvalue weighted by atomic mass is 16.6. The van der Waals surface area contributed by atoms with Crippen molar-refractivity contribution in [3.8, 4) is 17.2 Å². The van der Waals surface area contributed by atoms with E-state index in [9.17, 15) is 28.8 Å². The van der Waals surface area contributed by atoms with Crippen molar-refractivity contribution < 1.29 is 47.7 Å². The van der Waals surface area contributed by atoms with Crippen LogP contribution in [0, 0.1) is 5.92 Å². The van der Waals surface area contributed by atoms with E-state index in [0.717, 1.165) is 32.9 Å². The van der Waals surface area contributed by atoms with Crippen LogP contribution in [-0.2, 0) is 28.7 Å². The van der Waals surface area contributed by atoms with Crippen molar-refractivity contribution >= 4 is 35.6 Å². The molecule has 0 radical (unpaired) electrons. The van der Waals surface area contributed by atoms with E-state index in [2.05, 4.69) is 0 Å². The maximum absolute atomic E-state index is 12.5. The molecule has 10 nitrogen and oxygen atoms in total. The van der Waals surface area contributed by atoms with Gasteiger partial charge in [-0.3, -0.25) is 24.0 Å². The fraction of sp³-hybridized carbons (Fsp3) is 0.368.